The van der Waals surface area contributed by atoms with Crippen LogP contribution in [0.2, 0.25) is 5.02 Å². The average molecular weight is 438 g/mol. The van der Waals surface area contributed by atoms with Crippen molar-refractivity contribution in [1.82, 2.24) is 14.9 Å². The highest BCUT2D eigenvalue weighted by atomic mass is 35.5. The third-order valence-electron chi connectivity index (χ3n) is 3.48. The van der Waals surface area contributed by atoms with Gasteiger partial charge in [0.2, 0.25) is 11.1 Å². The Morgan fingerprint density at radius 2 is 2.07 bits per heavy atom. The fourth-order valence-corrected chi connectivity index (χ4v) is 2.94. The normalized spacial score (nSPS) is 11.0. The molecule has 150 valence electrons. The molecule has 0 unspecified atom stereocenters. The number of hydrazone groups is 1. The molecule has 0 aliphatic rings. The lowest BCUT2D eigenvalue weighted by atomic mass is 10.2. The van der Waals surface area contributed by atoms with Gasteiger partial charge in [0.25, 0.3) is 5.95 Å². The Morgan fingerprint density at radius 1 is 1.28 bits per heavy atom. The van der Waals surface area contributed by atoms with Crippen LogP contribution in [0.25, 0.3) is 0 Å². The number of rotatable bonds is 7. The van der Waals surface area contributed by atoms with Crippen LogP contribution in [0.1, 0.15) is 5.56 Å². The first-order chi connectivity index (χ1) is 13.9. The summed E-state index contributed by atoms with van der Waals surface area (Å²) in [6, 6.07) is 9.99. The fourth-order valence-electron chi connectivity index (χ4n) is 2.10. The minimum atomic E-state index is -0.867. The van der Waals surface area contributed by atoms with E-state index in [-0.39, 0.29) is 22.5 Å². The van der Waals surface area contributed by atoms with E-state index in [1.165, 1.54) is 6.21 Å². The summed E-state index contributed by atoms with van der Waals surface area (Å²) in [6.45, 7) is 0. The number of hydrogen-bond acceptors (Lipinski definition) is 7. The molecule has 0 aliphatic carbocycles. The second-order valence-corrected chi connectivity index (χ2v) is 6.88. The average Bonchev–Trinajstić information content (AvgIpc) is 3.04. The highest BCUT2D eigenvalue weighted by Gasteiger charge is 2.13. The predicted molar refractivity (Wildman–Crippen MR) is 109 cm³/mol. The minimum Gasteiger partial charge on any atom is -0.334 e. The molecule has 8 nitrogen and oxygen atoms in total. The monoisotopic (exact) mass is 437 g/mol. The lowest BCUT2D eigenvalue weighted by Gasteiger charge is -2.06. The molecular weight excluding hydrogens is 424 g/mol. The molecule has 12 heteroatoms. The van der Waals surface area contributed by atoms with Crippen molar-refractivity contribution in [3.8, 4) is 0 Å². The van der Waals surface area contributed by atoms with Crippen LogP contribution in [0.3, 0.4) is 0 Å². The third-order valence-corrected chi connectivity index (χ3v) is 4.76. The predicted octanol–water partition coefficient (Wildman–Crippen LogP) is 3.10. The molecule has 3 rings (SSSR count). The van der Waals surface area contributed by atoms with Gasteiger partial charge in [0.1, 0.15) is 11.6 Å². The number of halogens is 3. The summed E-state index contributed by atoms with van der Waals surface area (Å²) >= 11 is 7.01. The van der Waals surface area contributed by atoms with Crippen molar-refractivity contribution in [2.75, 3.05) is 22.3 Å². The van der Waals surface area contributed by atoms with Gasteiger partial charge in [0.05, 0.1) is 17.7 Å². The first kappa shape index (κ1) is 20.6. The molecule has 1 aromatic heterocycles. The number of aromatic nitrogens is 3. The summed E-state index contributed by atoms with van der Waals surface area (Å²) in [5.41, 5.74) is 3.20. The Balaban J connectivity index is 1.55. The molecule has 0 saturated carbocycles. The summed E-state index contributed by atoms with van der Waals surface area (Å²) < 4.78 is 27.6. The number of nitrogen functional groups attached to an aromatic ring is 1. The number of amides is 1. The number of carbonyl (C=O) groups excluding carboxylic acids is 1. The molecule has 0 radical (unpaired) electrons. The molecule has 3 aromatic rings. The summed E-state index contributed by atoms with van der Waals surface area (Å²) in [5.74, 6) is 3.77. The maximum Gasteiger partial charge on any atom is 0.264 e. The molecule has 0 bridgehead atoms. The SMILES string of the molecule is Nn1c(N/N=C/c2ccccc2Cl)nnc1SCC(=O)Nc1ccc(F)cc1F. The van der Waals surface area contributed by atoms with Crippen molar-refractivity contribution in [1.29, 1.82) is 0 Å². The van der Waals surface area contributed by atoms with E-state index in [9.17, 15) is 13.6 Å². The molecule has 0 aliphatic heterocycles. The van der Waals surface area contributed by atoms with Crippen molar-refractivity contribution in [2.24, 2.45) is 5.10 Å². The quantitative estimate of drug-likeness (QED) is 0.227. The van der Waals surface area contributed by atoms with Crippen LogP contribution in [-0.2, 0) is 4.79 Å². The van der Waals surface area contributed by atoms with Crippen molar-refractivity contribution < 1.29 is 13.6 Å². The zero-order valence-electron chi connectivity index (χ0n) is 14.6. The smallest absolute Gasteiger partial charge is 0.264 e. The first-order valence-electron chi connectivity index (χ1n) is 8.06. The van der Waals surface area contributed by atoms with Crippen LogP contribution in [-0.4, -0.2) is 32.7 Å². The maximum absolute atomic E-state index is 13.6. The van der Waals surface area contributed by atoms with Crippen LogP contribution in [0.4, 0.5) is 20.4 Å². The number of nitrogens with one attached hydrogen (secondary N) is 2. The summed E-state index contributed by atoms with van der Waals surface area (Å²) in [7, 11) is 0. The highest BCUT2D eigenvalue weighted by molar-refractivity contribution is 7.99. The van der Waals surface area contributed by atoms with Gasteiger partial charge in [-0.2, -0.15) is 5.10 Å². The van der Waals surface area contributed by atoms with Gasteiger partial charge in [-0.15, -0.1) is 10.2 Å². The van der Waals surface area contributed by atoms with Gasteiger partial charge in [0, 0.05) is 16.7 Å². The number of thioether (sulfide) groups is 1. The van der Waals surface area contributed by atoms with E-state index in [1.54, 1.807) is 18.2 Å². The molecule has 0 atom stereocenters. The van der Waals surface area contributed by atoms with E-state index in [4.69, 9.17) is 17.4 Å². The number of hydrogen-bond donors (Lipinski definition) is 3. The summed E-state index contributed by atoms with van der Waals surface area (Å²) in [5, 5.41) is 14.8. The van der Waals surface area contributed by atoms with Gasteiger partial charge in [-0.1, -0.05) is 41.6 Å². The van der Waals surface area contributed by atoms with Gasteiger partial charge >= 0.3 is 0 Å². The van der Waals surface area contributed by atoms with Gasteiger partial charge < -0.3 is 11.2 Å². The van der Waals surface area contributed by atoms with E-state index in [0.717, 1.165) is 28.6 Å². The van der Waals surface area contributed by atoms with Crippen LogP contribution < -0.4 is 16.6 Å². The van der Waals surface area contributed by atoms with E-state index in [0.29, 0.717) is 16.7 Å². The maximum atomic E-state index is 13.6. The van der Waals surface area contributed by atoms with E-state index < -0.39 is 17.5 Å². The summed E-state index contributed by atoms with van der Waals surface area (Å²) in [6.07, 6.45) is 1.49. The van der Waals surface area contributed by atoms with E-state index >= 15 is 0 Å². The Kier molecular flexibility index (Phi) is 6.62. The molecule has 4 N–H and O–H groups in total. The second kappa shape index (κ2) is 9.34. The van der Waals surface area contributed by atoms with Crippen LogP contribution >= 0.6 is 23.4 Å². The fraction of sp³-hybridized carbons (Fsp3) is 0.0588. The molecular formula is C17H14ClF2N7OS. The summed E-state index contributed by atoms with van der Waals surface area (Å²) in [4.78, 5) is 12.0. The molecule has 0 spiro atoms. The molecule has 2 aromatic carbocycles. The Hall–Kier alpha value is -3.18. The second-order valence-electron chi connectivity index (χ2n) is 5.53. The van der Waals surface area contributed by atoms with Gasteiger partial charge in [-0.05, 0) is 18.2 Å². The van der Waals surface area contributed by atoms with Crippen LogP contribution in [0.15, 0.2) is 52.7 Å². The van der Waals surface area contributed by atoms with E-state index in [1.807, 2.05) is 6.07 Å². The van der Waals surface area contributed by atoms with Crippen LogP contribution in [0, 0.1) is 11.6 Å². The van der Waals surface area contributed by atoms with Gasteiger partial charge in [0.15, 0.2) is 0 Å². The highest BCUT2D eigenvalue weighted by Crippen LogP contribution is 2.19. The molecule has 0 saturated heterocycles. The first-order valence-corrected chi connectivity index (χ1v) is 9.42. The lowest BCUT2D eigenvalue weighted by molar-refractivity contribution is -0.113. The zero-order valence-corrected chi connectivity index (χ0v) is 16.2. The number of carbonyl (C=O) groups is 1. The lowest BCUT2D eigenvalue weighted by Crippen LogP contribution is -2.17. The van der Waals surface area contributed by atoms with Crippen molar-refractivity contribution in [2.45, 2.75) is 5.16 Å². The molecule has 1 amide bonds. The van der Waals surface area contributed by atoms with Crippen LogP contribution in [0.5, 0.6) is 0 Å². The number of anilines is 2. The topological polar surface area (TPSA) is 110 Å². The molecule has 29 heavy (non-hydrogen) atoms. The zero-order chi connectivity index (χ0) is 20.8. The Bertz CT molecular complexity index is 1060. The van der Waals surface area contributed by atoms with Crippen molar-refractivity contribution in [3.63, 3.8) is 0 Å². The minimum absolute atomic E-state index is 0.116. The van der Waals surface area contributed by atoms with Gasteiger partial charge in [-0.25, -0.2) is 18.9 Å². The van der Waals surface area contributed by atoms with Gasteiger partial charge in [-0.3, -0.25) is 4.79 Å². The molecule has 1 heterocycles. The number of nitrogens with zero attached hydrogens (tertiary/aromatic N) is 4. The Morgan fingerprint density at radius 3 is 2.83 bits per heavy atom. The van der Waals surface area contributed by atoms with E-state index in [2.05, 4.69) is 26.0 Å². The largest absolute Gasteiger partial charge is 0.334 e. The third kappa shape index (κ3) is 5.42. The standard InChI is InChI=1S/C17H14ClF2N7OS/c18-12-4-2-1-3-10(12)8-22-24-16-25-26-17(27(16)21)29-9-15(28)23-14-6-5-11(19)7-13(14)20/h1-8H,9,21H2,(H,23,28)(H,24,25)/b22-8+. The van der Waals surface area contributed by atoms with Crippen molar-refractivity contribution in [3.05, 3.63) is 64.7 Å². The Labute approximate surface area is 173 Å². The molecule has 0 fully saturated rings. The van der Waals surface area contributed by atoms with Crippen molar-refractivity contribution >= 4 is 47.1 Å². The number of nitrogens with two attached hydrogens (primary N) is 1. The number of benzene rings is 2.